The molecule has 1 rings (SSSR count). The van der Waals surface area contributed by atoms with Gasteiger partial charge in [0.25, 0.3) is 0 Å². The summed E-state index contributed by atoms with van der Waals surface area (Å²) in [6.45, 7) is 5.74. The predicted molar refractivity (Wildman–Crippen MR) is 77.6 cm³/mol. The highest BCUT2D eigenvalue weighted by atomic mass is 16.4. The number of rotatable bonds is 6. The Labute approximate surface area is 119 Å². The third kappa shape index (κ3) is 4.91. The van der Waals surface area contributed by atoms with Crippen LogP contribution in [0.5, 0.6) is 0 Å². The summed E-state index contributed by atoms with van der Waals surface area (Å²) < 4.78 is 0. The molecule has 0 spiro atoms. The van der Waals surface area contributed by atoms with Gasteiger partial charge in [-0.1, -0.05) is 43.2 Å². The summed E-state index contributed by atoms with van der Waals surface area (Å²) in [7, 11) is 0. The fraction of sp³-hybridized carbons (Fsp3) is 0.467. The molecule has 5 nitrogen and oxygen atoms in total. The van der Waals surface area contributed by atoms with Crippen LogP contribution in [0.2, 0.25) is 0 Å². The molecule has 2 atom stereocenters. The van der Waals surface area contributed by atoms with Gasteiger partial charge in [0.15, 0.2) is 0 Å². The normalized spacial score (nSPS) is 13.3. The molecule has 20 heavy (non-hydrogen) atoms. The molecule has 110 valence electrons. The van der Waals surface area contributed by atoms with E-state index in [1.165, 1.54) is 0 Å². The highest BCUT2D eigenvalue weighted by Gasteiger charge is 2.19. The number of amides is 2. The summed E-state index contributed by atoms with van der Waals surface area (Å²) in [6.07, 6.45) is 1.12. The van der Waals surface area contributed by atoms with Crippen LogP contribution in [0.4, 0.5) is 4.79 Å². The first kappa shape index (κ1) is 16.0. The van der Waals surface area contributed by atoms with E-state index in [-0.39, 0.29) is 6.04 Å². The smallest absolute Gasteiger partial charge is 0.326 e. The standard InChI is InChI=1S/C15H22N2O3/c1-4-5-13(14(18)19)17-15(20)16-11(3)12-8-6-10(2)7-9-12/h6-9,11,13H,4-5H2,1-3H3,(H,18,19)(H2,16,17,20). The molecule has 0 radical (unpaired) electrons. The maximum atomic E-state index is 11.8. The molecule has 2 unspecified atom stereocenters. The lowest BCUT2D eigenvalue weighted by atomic mass is 10.1. The summed E-state index contributed by atoms with van der Waals surface area (Å²) in [5.74, 6) is -1.01. The molecule has 0 aliphatic rings. The number of carboxylic acid groups (broad SMARTS) is 1. The van der Waals surface area contributed by atoms with Gasteiger partial charge in [0.05, 0.1) is 6.04 Å². The number of carbonyl (C=O) groups excluding carboxylic acids is 1. The Kier molecular flexibility index (Phi) is 6.03. The number of urea groups is 1. The minimum atomic E-state index is -1.01. The van der Waals surface area contributed by atoms with E-state index in [1.807, 2.05) is 45.0 Å². The molecule has 0 fully saturated rings. The summed E-state index contributed by atoms with van der Waals surface area (Å²) in [5.41, 5.74) is 2.13. The van der Waals surface area contributed by atoms with Crippen molar-refractivity contribution in [2.45, 2.75) is 45.7 Å². The number of carbonyl (C=O) groups is 2. The van der Waals surface area contributed by atoms with Gasteiger partial charge in [0, 0.05) is 0 Å². The average Bonchev–Trinajstić information content (AvgIpc) is 2.38. The van der Waals surface area contributed by atoms with Gasteiger partial charge < -0.3 is 15.7 Å². The SMILES string of the molecule is CCCC(NC(=O)NC(C)c1ccc(C)cc1)C(=O)O. The van der Waals surface area contributed by atoms with Gasteiger partial charge in [-0.2, -0.15) is 0 Å². The fourth-order valence-corrected chi connectivity index (χ4v) is 1.88. The van der Waals surface area contributed by atoms with Crippen molar-refractivity contribution >= 4 is 12.0 Å². The molecule has 0 saturated heterocycles. The van der Waals surface area contributed by atoms with E-state index in [9.17, 15) is 9.59 Å². The molecule has 1 aromatic rings. The molecule has 0 bridgehead atoms. The van der Waals surface area contributed by atoms with E-state index in [1.54, 1.807) is 0 Å². The third-order valence-electron chi connectivity index (χ3n) is 3.11. The molecule has 0 aromatic heterocycles. The Balaban J connectivity index is 2.56. The quantitative estimate of drug-likeness (QED) is 0.748. The van der Waals surface area contributed by atoms with E-state index in [4.69, 9.17) is 5.11 Å². The van der Waals surface area contributed by atoms with Crippen molar-refractivity contribution in [2.24, 2.45) is 0 Å². The van der Waals surface area contributed by atoms with Crippen LogP contribution in [-0.4, -0.2) is 23.1 Å². The second-order valence-electron chi connectivity index (χ2n) is 4.93. The van der Waals surface area contributed by atoms with Gasteiger partial charge in [-0.15, -0.1) is 0 Å². The van der Waals surface area contributed by atoms with E-state index >= 15 is 0 Å². The zero-order valence-electron chi connectivity index (χ0n) is 12.1. The molecule has 2 amide bonds. The number of aryl methyl sites for hydroxylation is 1. The topological polar surface area (TPSA) is 78.4 Å². The van der Waals surface area contributed by atoms with Gasteiger partial charge in [-0.3, -0.25) is 0 Å². The number of hydrogen-bond acceptors (Lipinski definition) is 2. The van der Waals surface area contributed by atoms with Crippen LogP contribution in [0.1, 0.15) is 43.9 Å². The van der Waals surface area contributed by atoms with Crippen molar-refractivity contribution in [2.75, 3.05) is 0 Å². The van der Waals surface area contributed by atoms with Crippen LogP contribution in [0, 0.1) is 6.92 Å². The zero-order chi connectivity index (χ0) is 15.1. The van der Waals surface area contributed by atoms with Gasteiger partial charge >= 0.3 is 12.0 Å². The van der Waals surface area contributed by atoms with Crippen LogP contribution in [-0.2, 0) is 4.79 Å². The van der Waals surface area contributed by atoms with Crippen molar-refractivity contribution < 1.29 is 14.7 Å². The predicted octanol–water partition coefficient (Wildman–Crippen LogP) is 2.61. The number of hydrogen-bond donors (Lipinski definition) is 3. The maximum Gasteiger partial charge on any atom is 0.326 e. The monoisotopic (exact) mass is 278 g/mol. The van der Waals surface area contributed by atoms with Crippen molar-refractivity contribution in [3.05, 3.63) is 35.4 Å². The van der Waals surface area contributed by atoms with Crippen molar-refractivity contribution in [1.29, 1.82) is 0 Å². The second kappa shape index (κ2) is 7.53. The van der Waals surface area contributed by atoms with Crippen molar-refractivity contribution in [3.63, 3.8) is 0 Å². The Morgan fingerprint density at radius 3 is 2.30 bits per heavy atom. The van der Waals surface area contributed by atoms with Crippen LogP contribution < -0.4 is 10.6 Å². The lowest BCUT2D eigenvalue weighted by molar-refractivity contribution is -0.139. The van der Waals surface area contributed by atoms with Crippen LogP contribution >= 0.6 is 0 Å². The number of carboxylic acids is 1. The third-order valence-corrected chi connectivity index (χ3v) is 3.11. The van der Waals surface area contributed by atoms with Gasteiger partial charge in [-0.25, -0.2) is 9.59 Å². The molecule has 0 heterocycles. The zero-order valence-corrected chi connectivity index (χ0v) is 12.1. The molecular weight excluding hydrogens is 256 g/mol. The number of aliphatic carboxylic acids is 1. The lowest BCUT2D eigenvalue weighted by Gasteiger charge is -2.18. The van der Waals surface area contributed by atoms with Gasteiger partial charge in [-0.05, 0) is 25.8 Å². The molecule has 0 saturated carbocycles. The average molecular weight is 278 g/mol. The minimum absolute atomic E-state index is 0.174. The number of nitrogens with one attached hydrogen (secondary N) is 2. The maximum absolute atomic E-state index is 11.8. The summed E-state index contributed by atoms with van der Waals surface area (Å²) in [6, 6.07) is 6.36. The minimum Gasteiger partial charge on any atom is -0.480 e. The first-order chi connectivity index (χ1) is 9.43. The van der Waals surface area contributed by atoms with Crippen molar-refractivity contribution in [1.82, 2.24) is 10.6 Å². The summed E-state index contributed by atoms with van der Waals surface area (Å²) in [4.78, 5) is 22.8. The highest BCUT2D eigenvalue weighted by Crippen LogP contribution is 2.12. The Bertz CT molecular complexity index is 457. The van der Waals surface area contributed by atoms with E-state index in [0.29, 0.717) is 12.8 Å². The number of benzene rings is 1. The van der Waals surface area contributed by atoms with E-state index in [0.717, 1.165) is 11.1 Å². The molecule has 0 aliphatic heterocycles. The largest absolute Gasteiger partial charge is 0.480 e. The first-order valence-corrected chi connectivity index (χ1v) is 6.80. The Hall–Kier alpha value is -2.04. The first-order valence-electron chi connectivity index (χ1n) is 6.80. The molecule has 5 heteroatoms. The summed E-state index contributed by atoms with van der Waals surface area (Å²) in [5, 5.41) is 14.2. The Morgan fingerprint density at radius 1 is 1.20 bits per heavy atom. The van der Waals surface area contributed by atoms with Crippen LogP contribution in [0.15, 0.2) is 24.3 Å². The molecular formula is C15H22N2O3. The van der Waals surface area contributed by atoms with Gasteiger partial charge in [0.2, 0.25) is 0 Å². The molecule has 1 aromatic carbocycles. The van der Waals surface area contributed by atoms with Crippen molar-refractivity contribution in [3.8, 4) is 0 Å². The molecule has 3 N–H and O–H groups in total. The molecule has 0 aliphatic carbocycles. The lowest BCUT2D eigenvalue weighted by Crippen LogP contribution is -2.46. The van der Waals surface area contributed by atoms with E-state index in [2.05, 4.69) is 10.6 Å². The van der Waals surface area contributed by atoms with E-state index < -0.39 is 18.0 Å². The van der Waals surface area contributed by atoms with Crippen LogP contribution in [0.25, 0.3) is 0 Å². The highest BCUT2D eigenvalue weighted by molar-refractivity contribution is 5.82. The fourth-order valence-electron chi connectivity index (χ4n) is 1.88. The Morgan fingerprint density at radius 2 is 1.80 bits per heavy atom. The van der Waals surface area contributed by atoms with Crippen LogP contribution in [0.3, 0.4) is 0 Å². The second-order valence-corrected chi connectivity index (χ2v) is 4.93. The van der Waals surface area contributed by atoms with Gasteiger partial charge in [0.1, 0.15) is 6.04 Å². The summed E-state index contributed by atoms with van der Waals surface area (Å²) >= 11 is 0.